The van der Waals surface area contributed by atoms with Crippen LogP contribution >= 0.6 is 0 Å². The number of aromatic hydroxyl groups is 2. The molecule has 4 heteroatoms. The van der Waals surface area contributed by atoms with Crippen LogP contribution in [0, 0.1) is 6.92 Å². The van der Waals surface area contributed by atoms with Gasteiger partial charge in [-0.15, -0.1) is 0 Å². The van der Waals surface area contributed by atoms with Gasteiger partial charge in [-0.05, 0) is 26.0 Å². The van der Waals surface area contributed by atoms with Gasteiger partial charge in [0, 0.05) is 11.1 Å². The van der Waals surface area contributed by atoms with Gasteiger partial charge in [0.1, 0.15) is 11.5 Å². The predicted octanol–water partition coefficient (Wildman–Crippen LogP) is 1.60. The van der Waals surface area contributed by atoms with E-state index >= 15 is 0 Å². The van der Waals surface area contributed by atoms with E-state index in [1.807, 2.05) is 0 Å². The van der Waals surface area contributed by atoms with Gasteiger partial charge in [0.05, 0.1) is 5.71 Å². The third-order valence-electron chi connectivity index (χ3n) is 1.94. The van der Waals surface area contributed by atoms with Crippen molar-refractivity contribution in [1.29, 1.82) is 0 Å². The summed E-state index contributed by atoms with van der Waals surface area (Å²) in [6, 6.07) is 2.94. The number of rotatable bonds is 1. The van der Waals surface area contributed by atoms with Crippen LogP contribution < -0.4 is 0 Å². The first-order valence-electron chi connectivity index (χ1n) is 3.78. The lowest BCUT2D eigenvalue weighted by molar-refractivity contribution is 0.318. The van der Waals surface area contributed by atoms with E-state index in [0.29, 0.717) is 16.8 Å². The van der Waals surface area contributed by atoms with Crippen LogP contribution in [0.15, 0.2) is 17.3 Å². The zero-order valence-corrected chi connectivity index (χ0v) is 7.44. The minimum Gasteiger partial charge on any atom is -0.508 e. The third-order valence-corrected chi connectivity index (χ3v) is 1.94. The molecule has 70 valence electrons. The summed E-state index contributed by atoms with van der Waals surface area (Å²) in [6.45, 7) is 3.14. The molecule has 3 N–H and O–H groups in total. The summed E-state index contributed by atoms with van der Waals surface area (Å²) >= 11 is 0. The Bertz CT molecular complexity index is 358. The molecular formula is C9H11NO3. The number of phenolic OH excluding ortho intramolecular Hbond substituents is 2. The molecule has 0 bridgehead atoms. The van der Waals surface area contributed by atoms with Crippen LogP contribution in [0.25, 0.3) is 0 Å². The molecule has 4 nitrogen and oxygen atoms in total. The van der Waals surface area contributed by atoms with Crippen LogP contribution in [0.2, 0.25) is 0 Å². The maximum atomic E-state index is 9.53. The Morgan fingerprint density at radius 2 is 1.92 bits per heavy atom. The molecule has 0 fully saturated rings. The summed E-state index contributed by atoms with van der Waals surface area (Å²) in [5.41, 5.74) is 1.10. The van der Waals surface area contributed by atoms with E-state index in [1.165, 1.54) is 12.1 Å². The normalized spacial score (nSPS) is 11.7. The van der Waals surface area contributed by atoms with Crippen molar-refractivity contribution < 1.29 is 15.4 Å². The second-order valence-electron chi connectivity index (χ2n) is 2.79. The molecule has 0 radical (unpaired) electrons. The van der Waals surface area contributed by atoms with Gasteiger partial charge in [-0.3, -0.25) is 0 Å². The average molecular weight is 181 g/mol. The summed E-state index contributed by atoms with van der Waals surface area (Å²) in [6.07, 6.45) is 0. The van der Waals surface area contributed by atoms with Crippen molar-refractivity contribution in [3.8, 4) is 11.5 Å². The van der Waals surface area contributed by atoms with Gasteiger partial charge in [0.2, 0.25) is 0 Å². The molecule has 13 heavy (non-hydrogen) atoms. The molecular weight excluding hydrogens is 170 g/mol. The highest BCUT2D eigenvalue weighted by Gasteiger charge is 2.10. The smallest absolute Gasteiger partial charge is 0.131 e. The maximum absolute atomic E-state index is 9.53. The van der Waals surface area contributed by atoms with Crippen LogP contribution in [-0.4, -0.2) is 21.1 Å². The molecule has 0 aliphatic carbocycles. The first-order chi connectivity index (χ1) is 6.07. The van der Waals surface area contributed by atoms with Crippen molar-refractivity contribution in [2.24, 2.45) is 5.16 Å². The zero-order chi connectivity index (χ0) is 10.0. The third kappa shape index (κ3) is 1.56. The van der Waals surface area contributed by atoms with Crippen molar-refractivity contribution in [3.63, 3.8) is 0 Å². The second kappa shape index (κ2) is 3.35. The van der Waals surface area contributed by atoms with E-state index in [1.54, 1.807) is 13.8 Å². The minimum atomic E-state index is -0.0599. The molecule has 0 unspecified atom stereocenters. The summed E-state index contributed by atoms with van der Waals surface area (Å²) in [5.74, 6) is -0.0395. The van der Waals surface area contributed by atoms with Gasteiger partial charge < -0.3 is 15.4 Å². The second-order valence-corrected chi connectivity index (χ2v) is 2.79. The standard InChI is InChI=1S/C9H11NO3/c1-5-8(11)4-3-7(9(5)12)6(2)10-13/h3-4,11-13H,1-2H3/b10-6-. The fraction of sp³-hybridized carbons (Fsp3) is 0.222. The molecule has 0 atom stereocenters. The van der Waals surface area contributed by atoms with E-state index < -0.39 is 0 Å². The van der Waals surface area contributed by atoms with Crippen LogP contribution in [0.4, 0.5) is 0 Å². The van der Waals surface area contributed by atoms with Gasteiger partial charge in [0.15, 0.2) is 0 Å². The van der Waals surface area contributed by atoms with Crippen molar-refractivity contribution in [2.45, 2.75) is 13.8 Å². The molecule has 0 saturated carbocycles. The fourth-order valence-corrected chi connectivity index (χ4v) is 1.04. The number of hydrogen-bond acceptors (Lipinski definition) is 4. The van der Waals surface area contributed by atoms with Gasteiger partial charge >= 0.3 is 0 Å². The Morgan fingerprint density at radius 3 is 2.46 bits per heavy atom. The number of hydrogen-bond donors (Lipinski definition) is 3. The molecule has 1 aromatic carbocycles. The summed E-state index contributed by atoms with van der Waals surface area (Å²) in [4.78, 5) is 0. The topological polar surface area (TPSA) is 73.1 Å². The van der Waals surface area contributed by atoms with Gasteiger partial charge in [0.25, 0.3) is 0 Å². The van der Waals surface area contributed by atoms with Gasteiger partial charge in [-0.25, -0.2) is 0 Å². The Balaban J connectivity index is 3.34. The van der Waals surface area contributed by atoms with Crippen molar-refractivity contribution in [1.82, 2.24) is 0 Å². The number of benzene rings is 1. The highest BCUT2D eigenvalue weighted by Crippen LogP contribution is 2.29. The average Bonchev–Trinajstić information content (AvgIpc) is 2.13. The molecule has 0 aliphatic rings. The van der Waals surface area contributed by atoms with E-state index in [-0.39, 0.29) is 11.5 Å². The molecule has 1 rings (SSSR count). The quantitative estimate of drug-likeness (QED) is 0.350. The van der Waals surface area contributed by atoms with Crippen LogP contribution in [0.5, 0.6) is 11.5 Å². The van der Waals surface area contributed by atoms with E-state index in [4.69, 9.17) is 5.21 Å². The lowest BCUT2D eigenvalue weighted by Crippen LogP contribution is -1.96. The zero-order valence-electron chi connectivity index (χ0n) is 7.44. The van der Waals surface area contributed by atoms with E-state index in [2.05, 4.69) is 5.16 Å². The van der Waals surface area contributed by atoms with Crippen molar-refractivity contribution in [3.05, 3.63) is 23.3 Å². The molecule has 0 heterocycles. The number of nitrogens with zero attached hydrogens (tertiary/aromatic N) is 1. The first-order valence-corrected chi connectivity index (χ1v) is 3.78. The van der Waals surface area contributed by atoms with Crippen LogP contribution in [0.1, 0.15) is 18.1 Å². The Kier molecular flexibility index (Phi) is 2.41. The summed E-state index contributed by atoms with van der Waals surface area (Å²) in [5, 5.41) is 30.2. The van der Waals surface area contributed by atoms with Crippen molar-refractivity contribution >= 4 is 5.71 Å². The van der Waals surface area contributed by atoms with Gasteiger partial charge in [-0.2, -0.15) is 0 Å². The Morgan fingerprint density at radius 1 is 1.31 bits per heavy atom. The Labute approximate surface area is 75.8 Å². The predicted molar refractivity (Wildman–Crippen MR) is 48.5 cm³/mol. The molecule has 0 amide bonds. The maximum Gasteiger partial charge on any atom is 0.131 e. The van der Waals surface area contributed by atoms with Crippen LogP contribution in [0.3, 0.4) is 0 Å². The van der Waals surface area contributed by atoms with Gasteiger partial charge in [-0.1, -0.05) is 5.16 Å². The van der Waals surface area contributed by atoms with Crippen LogP contribution in [-0.2, 0) is 0 Å². The molecule has 1 aromatic rings. The summed E-state index contributed by atoms with van der Waals surface area (Å²) in [7, 11) is 0. The highest BCUT2D eigenvalue weighted by molar-refractivity contribution is 6.01. The molecule has 0 spiro atoms. The fourth-order valence-electron chi connectivity index (χ4n) is 1.04. The number of oxime groups is 1. The largest absolute Gasteiger partial charge is 0.508 e. The lowest BCUT2D eigenvalue weighted by atomic mass is 10.1. The molecule has 0 aliphatic heterocycles. The van der Waals surface area contributed by atoms with Crippen molar-refractivity contribution in [2.75, 3.05) is 0 Å². The van der Waals surface area contributed by atoms with E-state index in [9.17, 15) is 10.2 Å². The molecule has 0 saturated heterocycles. The number of phenols is 2. The SMILES string of the molecule is C/C(=N/O)c1ccc(O)c(C)c1O. The first kappa shape index (κ1) is 9.38. The summed E-state index contributed by atoms with van der Waals surface area (Å²) < 4.78 is 0. The monoisotopic (exact) mass is 181 g/mol. The Hall–Kier alpha value is -1.71. The minimum absolute atomic E-state index is 0.0204. The van der Waals surface area contributed by atoms with E-state index in [0.717, 1.165) is 0 Å². The lowest BCUT2D eigenvalue weighted by Gasteiger charge is -2.06. The highest BCUT2D eigenvalue weighted by atomic mass is 16.4. The molecule has 0 aromatic heterocycles.